The zero-order valence-corrected chi connectivity index (χ0v) is 12.4. The minimum absolute atomic E-state index is 0.338. The van der Waals surface area contributed by atoms with Gasteiger partial charge in [0.2, 0.25) is 0 Å². The van der Waals surface area contributed by atoms with E-state index in [0.717, 1.165) is 9.35 Å². The lowest BCUT2D eigenvalue weighted by atomic mass is 10.4. The molecule has 0 radical (unpaired) electrons. The first-order valence-electron chi connectivity index (χ1n) is 5.27. The van der Waals surface area contributed by atoms with Crippen LogP contribution in [0.25, 0.3) is 0 Å². The van der Waals surface area contributed by atoms with Gasteiger partial charge in [-0.15, -0.1) is 11.3 Å². The summed E-state index contributed by atoms with van der Waals surface area (Å²) in [7, 11) is -3.35. The Morgan fingerprint density at radius 3 is 2.76 bits per heavy atom. The van der Waals surface area contributed by atoms with E-state index in [1.807, 2.05) is 11.4 Å². The van der Waals surface area contributed by atoms with Crippen molar-refractivity contribution in [3.63, 3.8) is 0 Å². The fourth-order valence-corrected chi connectivity index (χ4v) is 4.28. The summed E-state index contributed by atoms with van der Waals surface area (Å²) in [5.74, 6) is 0. The van der Waals surface area contributed by atoms with Gasteiger partial charge in [-0.1, -0.05) is 0 Å². The molecule has 0 bridgehead atoms. The van der Waals surface area contributed by atoms with Crippen LogP contribution in [-0.2, 0) is 16.8 Å². The van der Waals surface area contributed by atoms with E-state index in [1.54, 1.807) is 0 Å². The summed E-state index contributed by atoms with van der Waals surface area (Å²) in [6, 6.07) is 1.92. The highest BCUT2D eigenvalue weighted by molar-refractivity contribution is 9.10. The minimum atomic E-state index is -3.35. The average Bonchev–Trinajstić information content (AvgIpc) is 2.74. The van der Waals surface area contributed by atoms with Crippen molar-refractivity contribution < 1.29 is 8.42 Å². The molecule has 2 N–H and O–H groups in total. The highest BCUT2D eigenvalue weighted by atomic mass is 79.9. The van der Waals surface area contributed by atoms with E-state index in [9.17, 15) is 8.42 Å². The summed E-state index contributed by atoms with van der Waals surface area (Å²) < 4.78 is 29.0. The van der Waals surface area contributed by atoms with Crippen LogP contribution in [0.3, 0.4) is 0 Å². The zero-order chi connectivity index (χ0) is 12.3. The number of thiophene rings is 1. The number of hydrogen-bond acceptors (Lipinski definition) is 4. The number of nitrogens with one attached hydrogen (secondary N) is 2. The second-order valence-corrected chi connectivity index (χ2v) is 7.28. The van der Waals surface area contributed by atoms with Gasteiger partial charge in [0.25, 0.3) is 10.2 Å². The van der Waals surface area contributed by atoms with Gasteiger partial charge in [-0.05, 0) is 27.4 Å². The molecule has 1 aliphatic rings. The lowest BCUT2D eigenvalue weighted by Gasteiger charge is -2.26. The minimum Gasteiger partial charge on any atom is -0.314 e. The van der Waals surface area contributed by atoms with Crippen molar-refractivity contribution in [1.29, 1.82) is 0 Å². The van der Waals surface area contributed by atoms with Crippen LogP contribution in [0, 0.1) is 0 Å². The monoisotopic (exact) mass is 339 g/mol. The molecular formula is C9H14BrN3O2S2. The normalized spacial score (nSPS) is 18.4. The van der Waals surface area contributed by atoms with E-state index in [2.05, 4.69) is 26.0 Å². The fraction of sp³-hybridized carbons (Fsp3) is 0.556. The maximum absolute atomic E-state index is 12.0. The Morgan fingerprint density at radius 1 is 1.47 bits per heavy atom. The summed E-state index contributed by atoms with van der Waals surface area (Å²) in [5.41, 5.74) is 0. The molecule has 0 saturated carbocycles. The van der Waals surface area contributed by atoms with Gasteiger partial charge < -0.3 is 5.32 Å². The standard InChI is InChI=1S/C9H14BrN3O2S2/c10-8-1-6-16-9(8)7-12-17(14,15)13-4-2-11-3-5-13/h1,6,11-12H,2-5,7H2. The van der Waals surface area contributed by atoms with Gasteiger partial charge in [-0.2, -0.15) is 17.4 Å². The molecule has 0 amide bonds. The van der Waals surface area contributed by atoms with Gasteiger partial charge >= 0.3 is 0 Å². The molecule has 1 saturated heterocycles. The van der Waals surface area contributed by atoms with Gasteiger partial charge in [-0.25, -0.2) is 0 Å². The quantitative estimate of drug-likeness (QED) is 0.850. The first-order valence-corrected chi connectivity index (χ1v) is 8.38. The Hall–Kier alpha value is 0.01000. The average molecular weight is 340 g/mol. The van der Waals surface area contributed by atoms with E-state index in [-0.39, 0.29) is 0 Å². The number of hydrogen-bond donors (Lipinski definition) is 2. The maximum Gasteiger partial charge on any atom is 0.279 e. The molecule has 8 heteroatoms. The van der Waals surface area contributed by atoms with Gasteiger partial charge in [0, 0.05) is 42.1 Å². The van der Waals surface area contributed by atoms with E-state index >= 15 is 0 Å². The number of rotatable bonds is 4. The van der Waals surface area contributed by atoms with Crippen LogP contribution < -0.4 is 10.0 Å². The smallest absolute Gasteiger partial charge is 0.279 e. The first kappa shape index (κ1) is 13.4. The molecule has 1 aliphatic heterocycles. The fourth-order valence-electron chi connectivity index (χ4n) is 1.58. The van der Waals surface area contributed by atoms with Crippen molar-refractivity contribution in [3.8, 4) is 0 Å². The van der Waals surface area contributed by atoms with Crippen LogP contribution in [-0.4, -0.2) is 38.9 Å². The second kappa shape index (κ2) is 5.77. The summed E-state index contributed by atoms with van der Waals surface area (Å²) in [4.78, 5) is 0.990. The SMILES string of the molecule is O=S(=O)(NCc1sccc1Br)N1CCNCC1. The predicted molar refractivity (Wildman–Crippen MR) is 72.2 cm³/mol. The van der Waals surface area contributed by atoms with Crippen LogP contribution in [0.1, 0.15) is 4.88 Å². The van der Waals surface area contributed by atoms with E-state index in [1.165, 1.54) is 15.6 Å². The van der Waals surface area contributed by atoms with Crippen molar-refractivity contribution in [2.24, 2.45) is 0 Å². The van der Waals surface area contributed by atoms with Crippen LogP contribution in [0.5, 0.6) is 0 Å². The van der Waals surface area contributed by atoms with Crippen molar-refractivity contribution in [1.82, 2.24) is 14.3 Å². The Morgan fingerprint density at radius 2 is 2.18 bits per heavy atom. The first-order chi connectivity index (χ1) is 8.09. The molecule has 0 atom stereocenters. The number of halogens is 1. The topological polar surface area (TPSA) is 61.4 Å². The van der Waals surface area contributed by atoms with Gasteiger partial charge in [0.05, 0.1) is 0 Å². The van der Waals surface area contributed by atoms with Crippen molar-refractivity contribution >= 4 is 37.5 Å². The molecule has 17 heavy (non-hydrogen) atoms. The predicted octanol–water partition coefficient (Wildman–Crippen LogP) is 0.750. The number of piperazine rings is 1. The van der Waals surface area contributed by atoms with Crippen LogP contribution in [0.15, 0.2) is 15.9 Å². The molecule has 0 aromatic carbocycles. The van der Waals surface area contributed by atoms with Gasteiger partial charge in [-0.3, -0.25) is 0 Å². The molecule has 0 unspecified atom stereocenters. The largest absolute Gasteiger partial charge is 0.314 e. The highest BCUT2D eigenvalue weighted by Crippen LogP contribution is 2.22. The highest BCUT2D eigenvalue weighted by Gasteiger charge is 2.23. The Labute approximate surface area is 114 Å². The lowest BCUT2D eigenvalue weighted by Crippen LogP contribution is -2.50. The molecule has 96 valence electrons. The molecule has 5 nitrogen and oxygen atoms in total. The molecular weight excluding hydrogens is 326 g/mol. The molecule has 1 fully saturated rings. The second-order valence-electron chi connectivity index (χ2n) is 3.67. The Bertz CT molecular complexity index is 468. The molecule has 0 aliphatic carbocycles. The lowest BCUT2D eigenvalue weighted by molar-refractivity contribution is 0.355. The van der Waals surface area contributed by atoms with Crippen molar-refractivity contribution in [2.75, 3.05) is 26.2 Å². The third kappa shape index (κ3) is 3.49. The van der Waals surface area contributed by atoms with Crippen LogP contribution in [0.2, 0.25) is 0 Å². The summed E-state index contributed by atoms with van der Waals surface area (Å²) in [6.07, 6.45) is 0. The maximum atomic E-state index is 12.0. The van der Waals surface area contributed by atoms with E-state index in [0.29, 0.717) is 32.7 Å². The van der Waals surface area contributed by atoms with Crippen molar-refractivity contribution in [2.45, 2.75) is 6.54 Å². The third-order valence-corrected chi connectivity index (χ3v) is 6.00. The van der Waals surface area contributed by atoms with Crippen LogP contribution >= 0.6 is 27.3 Å². The third-order valence-electron chi connectivity index (χ3n) is 2.52. The van der Waals surface area contributed by atoms with Gasteiger partial charge in [0.1, 0.15) is 0 Å². The summed E-state index contributed by atoms with van der Waals surface area (Å²) in [6.45, 7) is 2.82. The molecule has 2 heterocycles. The van der Waals surface area contributed by atoms with E-state index in [4.69, 9.17) is 0 Å². The Kier molecular flexibility index (Phi) is 4.56. The molecule has 1 aromatic heterocycles. The summed E-state index contributed by atoms with van der Waals surface area (Å²) in [5, 5.41) is 5.06. The number of nitrogens with zero attached hydrogens (tertiary/aromatic N) is 1. The zero-order valence-electron chi connectivity index (χ0n) is 9.15. The Balaban J connectivity index is 1.95. The van der Waals surface area contributed by atoms with Crippen LogP contribution in [0.4, 0.5) is 0 Å². The molecule has 2 rings (SSSR count). The van der Waals surface area contributed by atoms with E-state index < -0.39 is 10.2 Å². The molecule has 1 aromatic rings. The summed E-state index contributed by atoms with van der Waals surface area (Å²) >= 11 is 4.91. The van der Waals surface area contributed by atoms with Crippen molar-refractivity contribution in [3.05, 3.63) is 20.8 Å². The molecule has 0 spiro atoms. The van der Waals surface area contributed by atoms with Gasteiger partial charge in [0.15, 0.2) is 0 Å².